The normalized spacial score (nSPS) is 10.5. The molecule has 0 aliphatic carbocycles. The van der Waals surface area contributed by atoms with Crippen LogP contribution in [-0.4, -0.2) is 21.3 Å². The molecule has 0 atom stereocenters. The van der Waals surface area contributed by atoms with Crippen LogP contribution in [0.3, 0.4) is 0 Å². The van der Waals surface area contributed by atoms with Crippen LogP contribution >= 0.6 is 31.9 Å². The van der Waals surface area contributed by atoms with Crippen LogP contribution in [0, 0.1) is 0 Å². The van der Waals surface area contributed by atoms with Gasteiger partial charge in [0.1, 0.15) is 5.69 Å². The fourth-order valence-corrected chi connectivity index (χ4v) is 2.60. The van der Waals surface area contributed by atoms with E-state index < -0.39 is 5.91 Å². The largest absolute Gasteiger partial charge is 0.397 e. The SMILES string of the molecule is NC(=O)c1n[nH]nc1-c1cc(Br)cc(Br)c1N. The maximum absolute atomic E-state index is 11.2. The molecule has 0 radical (unpaired) electrons. The third-order valence-corrected chi connectivity index (χ3v) is 3.24. The third kappa shape index (κ3) is 2.18. The second-order valence-electron chi connectivity index (χ2n) is 3.23. The van der Waals surface area contributed by atoms with Crippen molar-refractivity contribution in [2.45, 2.75) is 0 Å². The van der Waals surface area contributed by atoms with Crippen molar-refractivity contribution in [3.05, 3.63) is 26.8 Å². The van der Waals surface area contributed by atoms with Crippen molar-refractivity contribution in [1.82, 2.24) is 15.4 Å². The van der Waals surface area contributed by atoms with Gasteiger partial charge in [-0.2, -0.15) is 15.4 Å². The van der Waals surface area contributed by atoms with Gasteiger partial charge < -0.3 is 11.5 Å². The van der Waals surface area contributed by atoms with Gasteiger partial charge >= 0.3 is 0 Å². The minimum Gasteiger partial charge on any atom is -0.397 e. The average molecular weight is 361 g/mol. The lowest BCUT2D eigenvalue weighted by molar-refractivity contribution is 0.0996. The summed E-state index contributed by atoms with van der Waals surface area (Å²) >= 11 is 6.65. The number of nitrogen functional groups attached to an aromatic ring is 1. The van der Waals surface area contributed by atoms with E-state index in [0.717, 1.165) is 4.47 Å². The molecule has 6 nitrogen and oxygen atoms in total. The van der Waals surface area contributed by atoms with Gasteiger partial charge in [-0.3, -0.25) is 4.79 Å². The summed E-state index contributed by atoms with van der Waals surface area (Å²) in [5.74, 6) is -0.663. The summed E-state index contributed by atoms with van der Waals surface area (Å²) in [4.78, 5) is 11.2. The number of halogens is 2. The van der Waals surface area contributed by atoms with Crippen LogP contribution < -0.4 is 11.5 Å². The molecule has 1 aromatic heterocycles. The number of primary amides is 1. The number of aromatic amines is 1. The molecule has 2 rings (SSSR count). The molecule has 0 aliphatic rings. The van der Waals surface area contributed by atoms with E-state index in [4.69, 9.17) is 11.5 Å². The van der Waals surface area contributed by atoms with Crippen molar-refractivity contribution in [2.24, 2.45) is 5.73 Å². The number of H-pyrrole nitrogens is 1. The number of hydrogen-bond donors (Lipinski definition) is 3. The minimum absolute atomic E-state index is 0.0571. The van der Waals surface area contributed by atoms with Gasteiger partial charge in [0, 0.05) is 14.5 Å². The number of benzene rings is 1. The number of amides is 1. The second-order valence-corrected chi connectivity index (χ2v) is 5.00. The summed E-state index contributed by atoms with van der Waals surface area (Å²) in [7, 11) is 0. The second kappa shape index (κ2) is 4.46. The molecule has 0 saturated carbocycles. The molecule has 0 bridgehead atoms. The Morgan fingerprint density at radius 3 is 2.65 bits per heavy atom. The predicted octanol–water partition coefficient (Wildman–Crippen LogP) is 1.68. The average Bonchev–Trinajstić information content (AvgIpc) is 2.72. The van der Waals surface area contributed by atoms with E-state index >= 15 is 0 Å². The number of aromatic nitrogens is 3. The molecule has 8 heteroatoms. The van der Waals surface area contributed by atoms with Gasteiger partial charge in [-0.25, -0.2) is 0 Å². The molecule has 1 amide bonds. The maximum Gasteiger partial charge on any atom is 0.271 e. The maximum atomic E-state index is 11.2. The molecular weight excluding hydrogens is 354 g/mol. The molecule has 0 unspecified atom stereocenters. The summed E-state index contributed by atoms with van der Waals surface area (Å²) in [6.07, 6.45) is 0. The summed E-state index contributed by atoms with van der Waals surface area (Å²) in [6.45, 7) is 0. The first-order valence-electron chi connectivity index (χ1n) is 4.46. The lowest BCUT2D eigenvalue weighted by atomic mass is 10.1. The molecule has 1 aromatic carbocycles. The molecule has 0 fully saturated rings. The molecule has 0 aliphatic heterocycles. The summed E-state index contributed by atoms with van der Waals surface area (Å²) in [5, 5.41) is 9.95. The van der Waals surface area contributed by atoms with Crippen molar-refractivity contribution in [3.63, 3.8) is 0 Å². The van der Waals surface area contributed by atoms with E-state index in [1.54, 1.807) is 12.1 Å². The summed E-state index contributed by atoms with van der Waals surface area (Å²) in [5.41, 5.74) is 12.5. The molecule has 88 valence electrons. The number of nitrogens with zero attached hydrogens (tertiary/aromatic N) is 2. The van der Waals surface area contributed by atoms with E-state index in [-0.39, 0.29) is 5.69 Å². The molecule has 0 spiro atoms. The van der Waals surface area contributed by atoms with Gasteiger partial charge in [-0.15, -0.1) is 0 Å². The highest BCUT2D eigenvalue weighted by Gasteiger charge is 2.18. The van der Waals surface area contributed by atoms with Crippen molar-refractivity contribution < 1.29 is 4.79 Å². The van der Waals surface area contributed by atoms with Crippen LogP contribution in [0.2, 0.25) is 0 Å². The quantitative estimate of drug-likeness (QED) is 0.707. The van der Waals surface area contributed by atoms with Gasteiger partial charge in [0.05, 0.1) is 5.69 Å². The standard InChI is InChI=1S/C9H7Br2N5O/c10-3-1-4(6(12)5(11)2-3)7-8(9(13)17)15-16-14-7/h1-2H,12H2,(H2,13,17)(H,14,15,16). The highest BCUT2D eigenvalue weighted by Crippen LogP contribution is 2.35. The molecule has 17 heavy (non-hydrogen) atoms. The molecule has 0 saturated heterocycles. The van der Waals surface area contributed by atoms with Gasteiger partial charge in [-0.05, 0) is 28.1 Å². The number of anilines is 1. The van der Waals surface area contributed by atoms with E-state index in [2.05, 4.69) is 47.3 Å². The van der Waals surface area contributed by atoms with Gasteiger partial charge in [-0.1, -0.05) is 15.9 Å². The van der Waals surface area contributed by atoms with Crippen LogP contribution in [-0.2, 0) is 0 Å². The fourth-order valence-electron chi connectivity index (χ4n) is 1.37. The lowest BCUT2D eigenvalue weighted by Crippen LogP contribution is -2.13. The topological polar surface area (TPSA) is 111 Å². The van der Waals surface area contributed by atoms with Crippen molar-refractivity contribution in [1.29, 1.82) is 0 Å². The van der Waals surface area contributed by atoms with E-state index in [1.165, 1.54) is 0 Å². The molecule has 5 N–H and O–H groups in total. The van der Waals surface area contributed by atoms with Gasteiger partial charge in [0.25, 0.3) is 5.91 Å². The van der Waals surface area contributed by atoms with Crippen molar-refractivity contribution in [3.8, 4) is 11.3 Å². The number of nitrogens with one attached hydrogen (secondary N) is 1. The van der Waals surface area contributed by atoms with Crippen molar-refractivity contribution >= 4 is 43.5 Å². The van der Waals surface area contributed by atoms with Crippen molar-refractivity contribution in [2.75, 3.05) is 5.73 Å². The molecular formula is C9H7Br2N5O. The Bertz CT molecular complexity index is 595. The van der Waals surface area contributed by atoms with E-state index in [9.17, 15) is 4.79 Å². The summed E-state index contributed by atoms with van der Waals surface area (Å²) < 4.78 is 1.49. The van der Waals surface area contributed by atoms with E-state index in [1.807, 2.05) is 0 Å². The Morgan fingerprint density at radius 1 is 1.29 bits per heavy atom. The zero-order valence-electron chi connectivity index (χ0n) is 8.37. The van der Waals surface area contributed by atoms with Crippen LogP contribution in [0.25, 0.3) is 11.3 Å². The van der Waals surface area contributed by atoms with E-state index in [0.29, 0.717) is 21.4 Å². The molecule has 1 heterocycles. The highest BCUT2D eigenvalue weighted by molar-refractivity contribution is 9.11. The van der Waals surface area contributed by atoms with Gasteiger partial charge in [0.2, 0.25) is 0 Å². The summed E-state index contributed by atoms with van der Waals surface area (Å²) in [6, 6.07) is 3.53. The van der Waals surface area contributed by atoms with Crippen LogP contribution in [0.4, 0.5) is 5.69 Å². The third-order valence-electron chi connectivity index (χ3n) is 2.13. The minimum atomic E-state index is -0.663. The van der Waals surface area contributed by atoms with Gasteiger partial charge in [0.15, 0.2) is 5.69 Å². The Hall–Kier alpha value is -1.41. The lowest BCUT2D eigenvalue weighted by Gasteiger charge is -2.06. The molecule has 2 aromatic rings. The first-order chi connectivity index (χ1) is 8.00. The Kier molecular flexibility index (Phi) is 3.16. The first-order valence-corrected chi connectivity index (χ1v) is 6.04. The fraction of sp³-hybridized carbons (Fsp3) is 0. The Balaban J connectivity index is 2.68. The monoisotopic (exact) mass is 359 g/mol. The first kappa shape index (κ1) is 12.1. The predicted molar refractivity (Wildman–Crippen MR) is 70.1 cm³/mol. The number of carbonyl (C=O) groups is 1. The Labute approximate surface area is 113 Å². The van der Waals surface area contributed by atoms with Crippen LogP contribution in [0.15, 0.2) is 21.1 Å². The number of nitrogens with two attached hydrogens (primary N) is 2. The highest BCUT2D eigenvalue weighted by atomic mass is 79.9. The number of carbonyl (C=O) groups excluding carboxylic acids is 1. The van der Waals surface area contributed by atoms with Crippen LogP contribution in [0.5, 0.6) is 0 Å². The zero-order chi connectivity index (χ0) is 12.6. The Morgan fingerprint density at radius 2 is 2.00 bits per heavy atom. The van der Waals surface area contributed by atoms with Crippen LogP contribution in [0.1, 0.15) is 10.5 Å². The zero-order valence-corrected chi connectivity index (χ0v) is 11.5. The number of rotatable bonds is 2. The smallest absolute Gasteiger partial charge is 0.271 e. The number of hydrogen-bond acceptors (Lipinski definition) is 4.